The maximum absolute atomic E-state index is 3.66. The highest BCUT2D eigenvalue weighted by Gasteiger charge is 2.29. The molecular weight excluding hydrogens is 424 g/mol. The van der Waals surface area contributed by atoms with Crippen molar-refractivity contribution >= 4 is 31.9 Å². The van der Waals surface area contributed by atoms with Crippen LogP contribution in [-0.4, -0.2) is 0 Å². The molecule has 0 heterocycles. The summed E-state index contributed by atoms with van der Waals surface area (Å²) in [6.07, 6.45) is 5.92. The number of hydrogen-bond acceptors (Lipinski definition) is 0. The molecular formula is C22H20Br2. The van der Waals surface area contributed by atoms with Crippen LogP contribution in [0.1, 0.15) is 50.2 Å². The van der Waals surface area contributed by atoms with E-state index in [4.69, 9.17) is 0 Å². The monoisotopic (exact) mass is 442 g/mol. The highest BCUT2D eigenvalue weighted by molar-refractivity contribution is 9.10. The van der Waals surface area contributed by atoms with Gasteiger partial charge in [0.2, 0.25) is 0 Å². The number of allylic oxidation sites excluding steroid dienone is 4. The van der Waals surface area contributed by atoms with E-state index in [2.05, 4.69) is 88.2 Å². The molecule has 0 amide bonds. The van der Waals surface area contributed by atoms with Crippen molar-refractivity contribution in [2.45, 2.75) is 39.0 Å². The van der Waals surface area contributed by atoms with Gasteiger partial charge in [0, 0.05) is 14.9 Å². The smallest absolute Gasteiger partial charge is 0.0178 e. The van der Waals surface area contributed by atoms with Crippen molar-refractivity contribution in [2.75, 3.05) is 0 Å². The molecule has 0 N–H and O–H groups in total. The normalized spacial score (nSPS) is 16.4. The number of rotatable bonds is 3. The summed E-state index contributed by atoms with van der Waals surface area (Å²) in [5.41, 5.74) is 10.3. The molecule has 0 bridgehead atoms. The Morgan fingerprint density at radius 2 is 1.50 bits per heavy atom. The predicted molar refractivity (Wildman–Crippen MR) is 109 cm³/mol. The van der Waals surface area contributed by atoms with Crippen molar-refractivity contribution in [3.05, 3.63) is 79.3 Å². The molecule has 2 heteroatoms. The standard InChI is InChI=1S/C22H20Br2/c1-13-9-15(10-14(13)2)3-6-20-21-11-16(23)4-7-18(21)19-8-5-17(24)12-22(19)20/h4-5,7-9,11-12,20H,3,6,10H2,1-2H3. The molecule has 4 rings (SSSR count). The highest BCUT2D eigenvalue weighted by atomic mass is 79.9. The molecule has 0 saturated carbocycles. The first-order chi connectivity index (χ1) is 11.5. The Morgan fingerprint density at radius 1 is 0.917 bits per heavy atom. The van der Waals surface area contributed by atoms with Crippen molar-refractivity contribution in [1.82, 2.24) is 0 Å². The Balaban J connectivity index is 1.67. The molecule has 0 spiro atoms. The van der Waals surface area contributed by atoms with Crippen molar-refractivity contribution < 1.29 is 0 Å². The molecule has 2 aromatic rings. The van der Waals surface area contributed by atoms with E-state index in [1.165, 1.54) is 55.2 Å². The van der Waals surface area contributed by atoms with Gasteiger partial charge in [-0.15, -0.1) is 0 Å². The minimum Gasteiger partial charge on any atom is -0.0663 e. The number of halogens is 2. The molecule has 0 aromatic heterocycles. The molecule has 2 aromatic carbocycles. The van der Waals surface area contributed by atoms with Crippen LogP contribution in [0.25, 0.3) is 11.1 Å². The topological polar surface area (TPSA) is 0 Å². The average molecular weight is 444 g/mol. The minimum absolute atomic E-state index is 0.493. The van der Waals surface area contributed by atoms with Crippen LogP contribution in [-0.2, 0) is 0 Å². The second kappa shape index (κ2) is 6.31. The molecule has 2 aliphatic carbocycles. The molecule has 0 nitrogen and oxygen atoms in total. The zero-order valence-corrected chi connectivity index (χ0v) is 17.2. The van der Waals surface area contributed by atoms with Crippen LogP contribution in [0.15, 0.2) is 68.1 Å². The van der Waals surface area contributed by atoms with E-state index in [-0.39, 0.29) is 0 Å². The van der Waals surface area contributed by atoms with Crippen LogP contribution in [0, 0.1) is 0 Å². The summed E-state index contributed by atoms with van der Waals surface area (Å²) in [6.45, 7) is 4.49. The fourth-order valence-electron chi connectivity index (χ4n) is 4.06. The third-order valence-corrected chi connectivity index (χ3v) is 6.39. The quantitative estimate of drug-likeness (QED) is 0.454. The first-order valence-corrected chi connectivity index (χ1v) is 10.1. The van der Waals surface area contributed by atoms with Gasteiger partial charge in [0.25, 0.3) is 0 Å². The van der Waals surface area contributed by atoms with Crippen LogP contribution >= 0.6 is 31.9 Å². The van der Waals surface area contributed by atoms with Crippen molar-refractivity contribution in [2.24, 2.45) is 0 Å². The van der Waals surface area contributed by atoms with Gasteiger partial charge in [-0.2, -0.15) is 0 Å². The van der Waals surface area contributed by atoms with Gasteiger partial charge in [-0.05, 0) is 79.6 Å². The van der Waals surface area contributed by atoms with E-state index in [1.54, 1.807) is 5.57 Å². The zero-order chi connectivity index (χ0) is 16.8. The summed E-state index contributed by atoms with van der Waals surface area (Å²) in [5.74, 6) is 0.493. The molecule has 0 fully saturated rings. The lowest BCUT2D eigenvalue weighted by Crippen LogP contribution is -1.98. The average Bonchev–Trinajstić information content (AvgIpc) is 3.02. The summed E-state index contributed by atoms with van der Waals surface area (Å²) >= 11 is 7.31. The van der Waals surface area contributed by atoms with Gasteiger partial charge in [-0.3, -0.25) is 0 Å². The number of hydrogen-bond donors (Lipinski definition) is 0. The van der Waals surface area contributed by atoms with Gasteiger partial charge in [0.1, 0.15) is 0 Å². The predicted octanol–water partition coefficient (Wildman–Crippen LogP) is 7.77. The van der Waals surface area contributed by atoms with Crippen LogP contribution in [0.5, 0.6) is 0 Å². The van der Waals surface area contributed by atoms with Gasteiger partial charge >= 0.3 is 0 Å². The van der Waals surface area contributed by atoms with Crippen LogP contribution in [0.3, 0.4) is 0 Å². The maximum Gasteiger partial charge on any atom is 0.0178 e. The van der Waals surface area contributed by atoms with Crippen molar-refractivity contribution in [1.29, 1.82) is 0 Å². The van der Waals surface area contributed by atoms with E-state index < -0.39 is 0 Å². The van der Waals surface area contributed by atoms with E-state index in [9.17, 15) is 0 Å². The summed E-state index contributed by atoms with van der Waals surface area (Å²) in [7, 11) is 0. The SMILES string of the molecule is CC1=C(C)CC(CCC2c3cc(Br)ccc3-c3ccc(Br)cc32)=C1. The highest BCUT2D eigenvalue weighted by Crippen LogP contribution is 2.49. The van der Waals surface area contributed by atoms with E-state index in [1.807, 2.05) is 0 Å². The van der Waals surface area contributed by atoms with E-state index in [0.717, 1.165) is 6.42 Å². The first-order valence-electron chi connectivity index (χ1n) is 8.48. The van der Waals surface area contributed by atoms with Crippen molar-refractivity contribution in [3.63, 3.8) is 0 Å². The summed E-state index contributed by atoms with van der Waals surface area (Å²) in [4.78, 5) is 0. The van der Waals surface area contributed by atoms with Gasteiger partial charge < -0.3 is 0 Å². The van der Waals surface area contributed by atoms with Crippen molar-refractivity contribution in [3.8, 4) is 11.1 Å². The lowest BCUT2D eigenvalue weighted by Gasteiger charge is -2.15. The molecule has 0 unspecified atom stereocenters. The Morgan fingerprint density at radius 3 is 2.00 bits per heavy atom. The third kappa shape index (κ3) is 2.84. The molecule has 2 aliphatic rings. The van der Waals surface area contributed by atoms with Gasteiger partial charge in [-0.25, -0.2) is 0 Å². The van der Waals surface area contributed by atoms with E-state index >= 15 is 0 Å². The van der Waals surface area contributed by atoms with Gasteiger partial charge in [-0.1, -0.05) is 66.8 Å². The Bertz CT molecular complexity index is 835. The van der Waals surface area contributed by atoms with Crippen LogP contribution in [0.2, 0.25) is 0 Å². The summed E-state index contributed by atoms with van der Waals surface area (Å²) in [6, 6.07) is 13.5. The molecule has 0 atom stereocenters. The van der Waals surface area contributed by atoms with Crippen LogP contribution < -0.4 is 0 Å². The fourth-order valence-corrected chi connectivity index (χ4v) is 4.82. The number of benzene rings is 2. The molecule has 24 heavy (non-hydrogen) atoms. The second-order valence-corrected chi connectivity index (χ2v) is 8.83. The van der Waals surface area contributed by atoms with Crippen LogP contribution in [0.4, 0.5) is 0 Å². The van der Waals surface area contributed by atoms with Gasteiger partial charge in [0.05, 0.1) is 0 Å². The summed E-state index contributed by atoms with van der Waals surface area (Å²) < 4.78 is 2.35. The zero-order valence-electron chi connectivity index (χ0n) is 14.0. The Kier molecular flexibility index (Phi) is 4.30. The molecule has 122 valence electrons. The number of fused-ring (bicyclic) bond motifs is 3. The summed E-state index contributed by atoms with van der Waals surface area (Å²) in [5, 5.41) is 0. The van der Waals surface area contributed by atoms with Gasteiger partial charge in [0.15, 0.2) is 0 Å². The minimum atomic E-state index is 0.493. The second-order valence-electron chi connectivity index (χ2n) is 7.00. The molecule has 0 radical (unpaired) electrons. The lowest BCUT2D eigenvalue weighted by molar-refractivity contribution is 0.716. The molecule has 0 saturated heterocycles. The Hall–Kier alpha value is -1.12. The maximum atomic E-state index is 3.66. The Labute approximate surface area is 160 Å². The lowest BCUT2D eigenvalue weighted by atomic mass is 9.90. The van der Waals surface area contributed by atoms with E-state index in [0.29, 0.717) is 5.92 Å². The largest absolute Gasteiger partial charge is 0.0663 e. The first kappa shape index (κ1) is 16.4. The molecule has 0 aliphatic heterocycles. The fraction of sp³-hybridized carbons (Fsp3) is 0.273. The third-order valence-electron chi connectivity index (χ3n) is 5.41.